The van der Waals surface area contributed by atoms with E-state index in [0.717, 1.165) is 13.8 Å². The van der Waals surface area contributed by atoms with Gasteiger partial charge in [-0.2, -0.15) is 13.2 Å². The fourth-order valence-corrected chi connectivity index (χ4v) is 1.75. The van der Waals surface area contributed by atoms with Crippen molar-refractivity contribution in [2.75, 3.05) is 0 Å². The Morgan fingerprint density at radius 2 is 1.31 bits per heavy atom. The van der Waals surface area contributed by atoms with Crippen molar-refractivity contribution in [2.45, 2.75) is 65.0 Å². The van der Waals surface area contributed by atoms with Crippen molar-refractivity contribution in [1.82, 2.24) is 0 Å². The molecule has 0 aliphatic heterocycles. The van der Waals surface area contributed by atoms with Crippen LogP contribution in [0, 0.1) is 5.41 Å². The third-order valence-electron chi connectivity index (χ3n) is 2.83. The van der Waals surface area contributed by atoms with E-state index < -0.39 is 23.9 Å². The number of alkyl halides is 5. The van der Waals surface area contributed by atoms with Gasteiger partial charge in [-0.25, -0.2) is 8.78 Å². The van der Waals surface area contributed by atoms with Gasteiger partial charge in [-0.05, 0) is 26.2 Å². The summed E-state index contributed by atoms with van der Waals surface area (Å²) >= 11 is 0. The second-order valence-corrected chi connectivity index (χ2v) is 4.73. The summed E-state index contributed by atoms with van der Waals surface area (Å²) in [5.74, 6) is -2.88. The van der Waals surface area contributed by atoms with Crippen LogP contribution in [0.3, 0.4) is 0 Å². The van der Waals surface area contributed by atoms with Gasteiger partial charge in [0.05, 0.1) is 5.41 Å². The van der Waals surface area contributed by atoms with E-state index in [1.165, 1.54) is 0 Å². The first-order valence-electron chi connectivity index (χ1n) is 5.46. The maximum Gasteiger partial charge on any atom is 0.394 e. The highest BCUT2D eigenvalue weighted by molar-refractivity contribution is 4.82. The molecule has 1 atom stereocenters. The second kappa shape index (κ2) is 5.32. The minimum Gasteiger partial charge on any atom is -0.207 e. The number of halogens is 5. The zero-order valence-corrected chi connectivity index (χ0v) is 9.93. The maximum atomic E-state index is 12.7. The molecule has 0 fully saturated rings. The molecule has 16 heavy (non-hydrogen) atoms. The maximum absolute atomic E-state index is 12.7. The molecule has 0 spiro atoms. The van der Waals surface area contributed by atoms with Crippen molar-refractivity contribution < 1.29 is 22.0 Å². The van der Waals surface area contributed by atoms with Gasteiger partial charge in [0.15, 0.2) is 0 Å². The van der Waals surface area contributed by atoms with E-state index in [4.69, 9.17) is 0 Å². The van der Waals surface area contributed by atoms with Gasteiger partial charge in [-0.1, -0.05) is 20.3 Å². The molecule has 0 radical (unpaired) electrons. The summed E-state index contributed by atoms with van der Waals surface area (Å²) in [6.45, 7) is 3.51. The van der Waals surface area contributed by atoms with Crippen molar-refractivity contribution in [3.8, 4) is 0 Å². The van der Waals surface area contributed by atoms with Gasteiger partial charge >= 0.3 is 6.18 Å². The average molecular weight is 246 g/mol. The van der Waals surface area contributed by atoms with Crippen molar-refractivity contribution in [2.24, 2.45) is 5.41 Å². The highest BCUT2D eigenvalue weighted by Crippen LogP contribution is 2.45. The van der Waals surface area contributed by atoms with E-state index in [-0.39, 0.29) is 19.3 Å². The highest BCUT2D eigenvalue weighted by atomic mass is 19.4. The van der Waals surface area contributed by atoms with Crippen molar-refractivity contribution in [3.05, 3.63) is 0 Å². The molecule has 0 aliphatic rings. The van der Waals surface area contributed by atoms with Gasteiger partial charge < -0.3 is 0 Å². The minimum atomic E-state index is -4.31. The zero-order chi connectivity index (χ0) is 13.0. The Labute approximate surface area is 93.2 Å². The summed E-state index contributed by atoms with van der Waals surface area (Å²) in [5.41, 5.74) is -1.83. The van der Waals surface area contributed by atoms with Gasteiger partial charge in [-0.3, -0.25) is 0 Å². The first-order valence-corrected chi connectivity index (χ1v) is 5.46. The molecule has 0 nitrogen and oxygen atoms in total. The second-order valence-electron chi connectivity index (χ2n) is 4.73. The summed E-state index contributed by atoms with van der Waals surface area (Å²) in [4.78, 5) is 0. The van der Waals surface area contributed by atoms with Crippen molar-refractivity contribution in [3.63, 3.8) is 0 Å². The largest absolute Gasteiger partial charge is 0.394 e. The van der Waals surface area contributed by atoms with E-state index in [2.05, 4.69) is 0 Å². The topological polar surface area (TPSA) is 0 Å². The molecule has 0 saturated carbocycles. The Bertz CT molecular complexity index is 203. The van der Waals surface area contributed by atoms with Crippen LogP contribution < -0.4 is 0 Å². The van der Waals surface area contributed by atoms with Crippen LogP contribution in [0.1, 0.15) is 52.9 Å². The summed E-state index contributed by atoms with van der Waals surface area (Å²) in [6, 6.07) is 0. The third-order valence-corrected chi connectivity index (χ3v) is 2.83. The normalized spacial score (nSPS) is 17.2. The van der Waals surface area contributed by atoms with Gasteiger partial charge in [0.2, 0.25) is 5.92 Å². The lowest BCUT2D eigenvalue weighted by atomic mass is 9.80. The molecule has 0 aromatic heterocycles. The molecular weight excluding hydrogens is 227 g/mol. The fraction of sp³-hybridized carbons (Fsp3) is 1.00. The predicted molar refractivity (Wildman–Crippen MR) is 53.5 cm³/mol. The average Bonchev–Trinajstić information content (AvgIpc) is 1.99. The Kier molecular flexibility index (Phi) is 5.20. The van der Waals surface area contributed by atoms with Gasteiger partial charge in [0.25, 0.3) is 0 Å². The summed E-state index contributed by atoms with van der Waals surface area (Å²) in [6.07, 6.45) is -4.73. The Morgan fingerprint density at radius 1 is 0.812 bits per heavy atom. The van der Waals surface area contributed by atoms with Crippen LogP contribution in [0.4, 0.5) is 22.0 Å². The zero-order valence-electron chi connectivity index (χ0n) is 9.93. The van der Waals surface area contributed by atoms with Crippen LogP contribution in [-0.2, 0) is 0 Å². The molecule has 0 aliphatic carbocycles. The Morgan fingerprint density at radius 3 is 1.62 bits per heavy atom. The Hall–Kier alpha value is -0.350. The van der Waals surface area contributed by atoms with Gasteiger partial charge in [0.1, 0.15) is 0 Å². The standard InChI is InChI=1S/C11H19F5/c1-4-6-9(2,11(14,15)16)7-5-8-10(3,12)13/h4-8H2,1-3H3. The Balaban J connectivity index is 4.36. The molecule has 0 saturated heterocycles. The SMILES string of the molecule is CCCC(C)(CCCC(C)(F)F)C(F)(F)F. The van der Waals surface area contributed by atoms with Crippen LogP contribution in [0.25, 0.3) is 0 Å². The van der Waals surface area contributed by atoms with Crippen molar-refractivity contribution in [1.29, 1.82) is 0 Å². The van der Waals surface area contributed by atoms with Crippen LogP contribution in [0.15, 0.2) is 0 Å². The first-order chi connectivity index (χ1) is 7.02. The predicted octanol–water partition coefficient (Wildman–Crippen LogP) is 5.18. The molecule has 0 N–H and O–H groups in total. The van der Waals surface area contributed by atoms with Crippen LogP contribution in [0.2, 0.25) is 0 Å². The lowest BCUT2D eigenvalue weighted by Crippen LogP contribution is -2.35. The van der Waals surface area contributed by atoms with Crippen LogP contribution >= 0.6 is 0 Å². The smallest absolute Gasteiger partial charge is 0.207 e. The molecule has 5 heteroatoms. The fourth-order valence-electron chi connectivity index (χ4n) is 1.75. The van der Waals surface area contributed by atoms with E-state index >= 15 is 0 Å². The molecular formula is C11H19F5. The number of rotatable bonds is 6. The quantitative estimate of drug-likeness (QED) is 0.566. The molecule has 1 unspecified atom stereocenters. The van der Waals surface area contributed by atoms with Crippen LogP contribution in [0.5, 0.6) is 0 Å². The molecule has 98 valence electrons. The molecule has 0 heterocycles. The van der Waals surface area contributed by atoms with Crippen molar-refractivity contribution >= 4 is 0 Å². The third kappa shape index (κ3) is 5.12. The highest BCUT2D eigenvalue weighted by Gasteiger charge is 2.49. The molecule has 0 aromatic rings. The van der Waals surface area contributed by atoms with Gasteiger partial charge in [0, 0.05) is 6.42 Å². The van der Waals surface area contributed by atoms with E-state index in [1.54, 1.807) is 6.92 Å². The molecule has 0 bridgehead atoms. The van der Waals surface area contributed by atoms with E-state index in [1.807, 2.05) is 0 Å². The monoisotopic (exact) mass is 246 g/mol. The minimum absolute atomic E-state index is 0.00815. The number of hydrogen-bond acceptors (Lipinski definition) is 0. The lowest BCUT2D eigenvalue weighted by Gasteiger charge is -2.32. The van der Waals surface area contributed by atoms with Gasteiger partial charge in [-0.15, -0.1) is 0 Å². The first kappa shape index (κ1) is 15.7. The summed E-state index contributed by atoms with van der Waals surface area (Å²) in [7, 11) is 0. The molecule has 0 aromatic carbocycles. The van der Waals surface area contributed by atoms with E-state index in [9.17, 15) is 22.0 Å². The molecule has 0 amide bonds. The lowest BCUT2D eigenvalue weighted by molar-refractivity contribution is -0.224. The van der Waals surface area contributed by atoms with E-state index in [0.29, 0.717) is 6.42 Å². The summed E-state index contributed by atoms with van der Waals surface area (Å²) < 4.78 is 63.2. The van der Waals surface area contributed by atoms with Crippen LogP contribution in [-0.4, -0.2) is 12.1 Å². The summed E-state index contributed by atoms with van der Waals surface area (Å²) in [5, 5.41) is 0. The molecule has 0 rings (SSSR count). The number of hydrogen-bond donors (Lipinski definition) is 0.